The van der Waals surface area contributed by atoms with E-state index in [0.717, 1.165) is 12.8 Å². The van der Waals surface area contributed by atoms with Crippen LogP contribution in [0.4, 0.5) is 5.69 Å². The molecule has 0 radical (unpaired) electrons. The molecule has 1 fully saturated rings. The van der Waals surface area contributed by atoms with Crippen molar-refractivity contribution in [2.45, 2.75) is 18.9 Å². The van der Waals surface area contributed by atoms with E-state index in [2.05, 4.69) is 10.6 Å². The van der Waals surface area contributed by atoms with Crippen LogP contribution in [-0.2, 0) is 0 Å². The molecular weight excluding hydrogens is 320 g/mol. The van der Waals surface area contributed by atoms with Gasteiger partial charge in [-0.3, -0.25) is 9.59 Å². The van der Waals surface area contributed by atoms with Crippen LogP contribution in [0.25, 0.3) is 0 Å². The number of hydrogen-bond acceptors (Lipinski definition) is 4. The van der Waals surface area contributed by atoms with Gasteiger partial charge in [0.15, 0.2) is 11.5 Å². The lowest BCUT2D eigenvalue weighted by atomic mass is 10.1. The Hall–Kier alpha value is -3.02. The van der Waals surface area contributed by atoms with Crippen LogP contribution in [0.5, 0.6) is 11.5 Å². The van der Waals surface area contributed by atoms with E-state index < -0.39 is 0 Å². The normalized spacial score (nSPS) is 13.0. The van der Waals surface area contributed by atoms with E-state index in [1.54, 1.807) is 42.5 Å². The second-order valence-electron chi connectivity index (χ2n) is 5.82. The molecule has 0 atom stereocenters. The molecule has 3 rings (SSSR count). The number of carbonyl (C=O) groups is 2. The molecule has 0 spiro atoms. The van der Waals surface area contributed by atoms with Gasteiger partial charge in [-0.1, -0.05) is 6.07 Å². The van der Waals surface area contributed by atoms with Crippen LogP contribution in [0.1, 0.15) is 33.6 Å². The molecule has 6 nitrogen and oxygen atoms in total. The van der Waals surface area contributed by atoms with Crippen molar-refractivity contribution in [3.8, 4) is 11.5 Å². The summed E-state index contributed by atoms with van der Waals surface area (Å²) in [5.74, 6) is 0.464. The molecule has 6 heteroatoms. The summed E-state index contributed by atoms with van der Waals surface area (Å²) >= 11 is 0. The number of methoxy groups -OCH3 is 2. The summed E-state index contributed by atoms with van der Waals surface area (Å²) in [6.45, 7) is 0. The summed E-state index contributed by atoms with van der Waals surface area (Å²) in [4.78, 5) is 24.5. The number of rotatable bonds is 6. The molecule has 2 aromatic rings. The SMILES string of the molecule is COc1cccc(C(=O)Nc2ccc(C(=O)NC3CC3)cc2)c1OC. The number of ether oxygens (including phenoxy) is 2. The molecule has 2 aromatic carbocycles. The first-order valence-corrected chi connectivity index (χ1v) is 8.05. The Labute approximate surface area is 146 Å². The molecule has 0 heterocycles. The number of hydrogen-bond donors (Lipinski definition) is 2. The Bertz CT molecular complexity index is 783. The maximum absolute atomic E-state index is 12.5. The Balaban J connectivity index is 1.71. The van der Waals surface area contributed by atoms with Crippen molar-refractivity contribution in [1.82, 2.24) is 5.32 Å². The van der Waals surface area contributed by atoms with E-state index in [1.165, 1.54) is 14.2 Å². The van der Waals surface area contributed by atoms with Crippen molar-refractivity contribution in [1.29, 1.82) is 0 Å². The molecule has 0 unspecified atom stereocenters. The number of amides is 2. The highest BCUT2D eigenvalue weighted by molar-refractivity contribution is 6.07. The summed E-state index contributed by atoms with van der Waals surface area (Å²) < 4.78 is 10.5. The number of carbonyl (C=O) groups excluding carboxylic acids is 2. The van der Waals surface area contributed by atoms with Crippen LogP contribution in [-0.4, -0.2) is 32.1 Å². The summed E-state index contributed by atoms with van der Waals surface area (Å²) in [6, 6.07) is 12.2. The predicted octanol–water partition coefficient (Wildman–Crippen LogP) is 2.85. The molecule has 1 aliphatic rings. The van der Waals surface area contributed by atoms with Gasteiger partial charge in [-0.15, -0.1) is 0 Å². The molecule has 25 heavy (non-hydrogen) atoms. The van der Waals surface area contributed by atoms with Gasteiger partial charge in [-0.25, -0.2) is 0 Å². The number of para-hydroxylation sites is 1. The molecule has 0 saturated heterocycles. The average Bonchev–Trinajstić information content (AvgIpc) is 3.45. The number of nitrogens with one attached hydrogen (secondary N) is 2. The zero-order valence-corrected chi connectivity index (χ0v) is 14.2. The van der Waals surface area contributed by atoms with Gasteiger partial charge in [-0.05, 0) is 49.2 Å². The molecular formula is C19H20N2O4. The van der Waals surface area contributed by atoms with Crippen LogP contribution in [0.15, 0.2) is 42.5 Å². The quantitative estimate of drug-likeness (QED) is 0.848. The van der Waals surface area contributed by atoms with Crippen molar-refractivity contribution < 1.29 is 19.1 Å². The van der Waals surface area contributed by atoms with Gasteiger partial charge in [0.05, 0.1) is 19.8 Å². The molecule has 1 aliphatic carbocycles. The first-order valence-electron chi connectivity index (χ1n) is 8.05. The van der Waals surface area contributed by atoms with Crippen LogP contribution in [0.2, 0.25) is 0 Å². The topological polar surface area (TPSA) is 76.7 Å². The first kappa shape index (κ1) is 16.8. The average molecular weight is 340 g/mol. The standard InChI is InChI=1S/C19H20N2O4/c1-24-16-5-3-4-15(17(16)25-2)19(23)21-13-8-6-12(7-9-13)18(22)20-14-10-11-14/h3-9,14H,10-11H2,1-2H3,(H,20,22)(H,21,23). The van der Waals surface area contributed by atoms with Gasteiger partial charge in [-0.2, -0.15) is 0 Å². The summed E-state index contributed by atoms with van der Waals surface area (Å²) in [7, 11) is 3.01. The van der Waals surface area contributed by atoms with Gasteiger partial charge in [0.2, 0.25) is 0 Å². The minimum atomic E-state index is -0.314. The molecule has 2 N–H and O–H groups in total. The lowest BCUT2D eigenvalue weighted by Gasteiger charge is -2.12. The monoisotopic (exact) mass is 340 g/mol. The minimum absolute atomic E-state index is 0.0881. The third-order valence-electron chi connectivity index (χ3n) is 3.97. The lowest BCUT2D eigenvalue weighted by molar-refractivity contribution is 0.0950. The molecule has 0 bridgehead atoms. The third-order valence-corrected chi connectivity index (χ3v) is 3.97. The molecule has 2 amide bonds. The maximum Gasteiger partial charge on any atom is 0.259 e. The van der Waals surface area contributed by atoms with Gasteiger partial charge in [0.25, 0.3) is 11.8 Å². The highest BCUT2D eigenvalue weighted by Crippen LogP contribution is 2.31. The van der Waals surface area contributed by atoms with Crippen molar-refractivity contribution >= 4 is 17.5 Å². The van der Waals surface area contributed by atoms with E-state index >= 15 is 0 Å². The number of benzene rings is 2. The van der Waals surface area contributed by atoms with Crippen molar-refractivity contribution in [2.75, 3.05) is 19.5 Å². The Morgan fingerprint density at radius 1 is 0.960 bits per heavy atom. The molecule has 0 aromatic heterocycles. The Morgan fingerprint density at radius 2 is 1.68 bits per heavy atom. The second kappa shape index (κ2) is 7.25. The Kier molecular flexibility index (Phi) is 4.88. The van der Waals surface area contributed by atoms with E-state index in [9.17, 15) is 9.59 Å². The van der Waals surface area contributed by atoms with Crippen LogP contribution >= 0.6 is 0 Å². The predicted molar refractivity (Wildman–Crippen MR) is 94.4 cm³/mol. The van der Waals surface area contributed by atoms with Gasteiger partial charge in [0.1, 0.15) is 0 Å². The van der Waals surface area contributed by atoms with Crippen molar-refractivity contribution in [3.63, 3.8) is 0 Å². The largest absolute Gasteiger partial charge is 0.493 e. The summed E-state index contributed by atoms with van der Waals surface area (Å²) in [5.41, 5.74) is 1.54. The smallest absolute Gasteiger partial charge is 0.259 e. The van der Waals surface area contributed by atoms with E-state index in [0.29, 0.717) is 34.4 Å². The van der Waals surface area contributed by atoms with E-state index in [-0.39, 0.29) is 11.8 Å². The Morgan fingerprint density at radius 3 is 2.28 bits per heavy atom. The molecule has 1 saturated carbocycles. The van der Waals surface area contributed by atoms with Gasteiger partial charge >= 0.3 is 0 Å². The second-order valence-corrected chi connectivity index (χ2v) is 5.82. The molecule has 130 valence electrons. The zero-order chi connectivity index (χ0) is 17.8. The van der Waals surface area contributed by atoms with Crippen LogP contribution in [0.3, 0.4) is 0 Å². The van der Waals surface area contributed by atoms with Crippen LogP contribution in [0, 0.1) is 0 Å². The summed E-state index contributed by atoms with van der Waals surface area (Å²) in [6.07, 6.45) is 2.09. The van der Waals surface area contributed by atoms with Gasteiger partial charge < -0.3 is 20.1 Å². The van der Waals surface area contributed by atoms with Crippen molar-refractivity contribution in [3.05, 3.63) is 53.6 Å². The fourth-order valence-corrected chi connectivity index (χ4v) is 2.47. The first-order chi connectivity index (χ1) is 12.1. The highest BCUT2D eigenvalue weighted by Gasteiger charge is 2.23. The zero-order valence-electron chi connectivity index (χ0n) is 14.2. The minimum Gasteiger partial charge on any atom is -0.493 e. The van der Waals surface area contributed by atoms with E-state index in [1.807, 2.05) is 0 Å². The lowest BCUT2D eigenvalue weighted by Crippen LogP contribution is -2.25. The summed E-state index contributed by atoms with van der Waals surface area (Å²) in [5, 5.41) is 5.72. The van der Waals surface area contributed by atoms with Crippen LogP contribution < -0.4 is 20.1 Å². The number of anilines is 1. The fraction of sp³-hybridized carbons (Fsp3) is 0.263. The molecule has 0 aliphatic heterocycles. The van der Waals surface area contributed by atoms with E-state index in [4.69, 9.17) is 9.47 Å². The maximum atomic E-state index is 12.5. The van der Waals surface area contributed by atoms with Crippen molar-refractivity contribution in [2.24, 2.45) is 0 Å². The fourth-order valence-electron chi connectivity index (χ4n) is 2.47. The third kappa shape index (κ3) is 3.91. The highest BCUT2D eigenvalue weighted by atomic mass is 16.5. The van der Waals surface area contributed by atoms with Gasteiger partial charge in [0, 0.05) is 17.3 Å².